The van der Waals surface area contributed by atoms with Crippen molar-refractivity contribution < 1.29 is 17.6 Å². The first-order chi connectivity index (χ1) is 14.2. The van der Waals surface area contributed by atoms with E-state index in [4.69, 9.17) is 0 Å². The van der Waals surface area contributed by atoms with Crippen LogP contribution in [0.3, 0.4) is 0 Å². The van der Waals surface area contributed by atoms with Crippen LogP contribution < -0.4 is 5.32 Å². The highest BCUT2D eigenvalue weighted by Crippen LogP contribution is 2.23. The number of aryl methyl sites for hydroxylation is 1. The first-order valence-corrected chi connectivity index (χ1v) is 10.8. The fourth-order valence-corrected chi connectivity index (χ4v) is 4.21. The summed E-state index contributed by atoms with van der Waals surface area (Å²) in [5, 5.41) is 2.67. The van der Waals surface area contributed by atoms with Crippen molar-refractivity contribution in [2.45, 2.75) is 25.3 Å². The third-order valence-corrected chi connectivity index (χ3v) is 6.79. The molecule has 3 aromatic rings. The number of nitrogens with zero attached hydrogens (tertiary/aromatic N) is 1. The van der Waals surface area contributed by atoms with Gasteiger partial charge in [0.2, 0.25) is 10.0 Å². The second-order valence-electron chi connectivity index (χ2n) is 7.09. The number of halogens is 1. The summed E-state index contributed by atoms with van der Waals surface area (Å²) in [4.78, 5) is 12.5. The topological polar surface area (TPSA) is 66.5 Å². The van der Waals surface area contributed by atoms with Crippen LogP contribution in [0.4, 0.5) is 10.1 Å². The van der Waals surface area contributed by atoms with Gasteiger partial charge in [-0.1, -0.05) is 42.5 Å². The van der Waals surface area contributed by atoms with E-state index in [1.807, 2.05) is 50.2 Å². The number of hydrogen-bond acceptors (Lipinski definition) is 3. The summed E-state index contributed by atoms with van der Waals surface area (Å²) >= 11 is 0. The molecule has 0 aliphatic carbocycles. The molecular weight excluding hydrogens is 403 g/mol. The van der Waals surface area contributed by atoms with Gasteiger partial charge in [0.15, 0.2) is 0 Å². The number of carbonyl (C=O) groups is 1. The lowest BCUT2D eigenvalue weighted by Crippen LogP contribution is -2.27. The Morgan fingerprint density at radius 2 is 1.70 bits per heavy atom. The molecule has 0 fully saturated rings. The molecule has 1 amide bonds. The van der Waals surface area contributed by atoms with Crippen LogP contribution in [0.5, 0.6) is 0 Å². The molecule has 0 saturated carbocycles. The highest BCUT2D eigenvalue weighted by molar-refractivity contribution is 7.89. The average molecular weight is 427 g/mol. The number of rotatable bonds is 6. The molecule has 0 bridgehead atoms. The molecule has 30 heavy (non-hydrogen) atoms. The summed E-state index contributed by atoms with van der Waals surface area (Å²) in [7, 11) is -2.47. The van der Waals surface area contributed by atoms with E-state index >= 15 is 0 Å². The van der Waals surface area contributed by atoms with Crippen LogP contribution in [0.25, 0.3) is 0 Å². The Morgan fingerprint density at radius 1 is 1.00 bits per heavy atom. The molecule has 156 valence electrons. The number of anilines is 1. The van der Waals surface area contributed by atoms with E-state index in [0.717, 1.165) is 28.8 Å². The maximum atomic E-state index is 14.4. The zero-order valence-corrected chi connectivity index (χ0v) is 17.8. The summed E-state index contributed by atoms with van der Waals surface area (Å²) in [5.41, 5.74) is 2.88. The van der Waals surface area contributed by atoms with Crippen molar-refractivity contribution in [2.24, 2.45) is 0 Å². The van der Waals surface area contributed by atoms with E-state index in [1.54, 1.807) is 12.1 Å². The number of nitrogens with one attached hydrogen (secondary N) is 1. The Kier molecular flexibility index (Phi) is 6.34. The molecule has 3 rings (SSSR count). The van der Waals surface area contributed by atoms with Gasteiger partial charge in [0.25, 0.3) is 5.91 Å². The predicted molar refractivity (Wildman–Crippen MR) is 115 cm³/mol. The Hall–Kier alpha value is -3.03. The number of sulfonamides is 1. The van der Waals surface area contributed by atoms with Crippen molar-refractivity contribution in [1.29, 1.82) is 0 Å². The molecule has 5 nitrogen and oxygen atoms in total. The number of hydrogen-bond donors (Lipinski definition) is 1. The minimum atomic E-state index is -3.91. The Morgan fingerprint density at radius 3 is 2.40 bits per heavy atom. The minimum Gasteiger partial charge on any atom is -0.322 e. The molecule has 0 radical (unpaired) electrons. The highest BCUT2D eigenvalue weighted by Gasteiger charge is 2.24. The van der Waals surface area contributed by atoms with Crippen molar-refractivity contribution in [3.8, 4) is 0 Å². The normalized spacial score (nSPS) is 11.5. The van der Waals surface area contributed by atoms with E-state index in [9.17, 15) is 17.6 Å². The van der Waals surface area contributed by atoms with Crippen molar-refractivity contribution in [3.63, 3.8) is 0 Å². The summed E-state index contributed by atoms with van der Waals surface area (Å²) in [6, 6.07) is 17.8. The second-order valence-corrected chi connectivity index (χ2v) is 9.13. The highest BCUT2D eigenvalue weighted by atomic mass is 32.2. The largest absolute Gasteiger partial charge is 0.322 e. The zero-order chi connectivity index (χ0) is 21.9. The number of amides is 1. The quantitative estimate of drug-likeness (QED) is 0.630. The first kappa shape index (κ1) is 21.7. The molecular formula is C23H23FN2O3S. The summed E-state index contributed by atoms with van der Waals surface area (Å²) < 4.78 is 41.4. The van der Waals surface area contributed by atoms with Gasteiger partial charge in [0.05, 0.1) is 10.5 Å². The third kappa shape index (κ3) is 4.58. The van der Waals surface area contributed by atoms with Gasteiger partial charge in [-0.15, -0.1) is 0 Å². The van der Waals surface area contributed by atoms with Gasteiger partial charge >= 0.3 is 0 Å². The van der Waals surface area contributed by atoms with Gasteiger partial charge in [-0.25, -0.2) is 12.8 Å². The molecule has 0 heterocycles. The lowest BCUT2D eigenvalue weighted by molar-refractivity contribution is 0.102. The van der Waals surface area contributed by atoms with Crippen molar-refractivity contribution in [1.82, 2.24) is 4.31 Å². The van der Waals surface area contributed by atoms with Gasteiger partial charge in [-0.3, -0.25) is 4.79 Å². The zero-order valence-electron chi connectivity index (χ0n) is 17.0. The lowest BCUT2D eigenvalue weighted by atomic mass is 10.1. The molecule has 0 aromatic heterocycles. The SMILES string of the molecule is Cc1cccc(NC(=O)c2cc(S(=O)(=O)N(C)Cc3ccccc3)ccc2F)c1C. The van der Waals surface area contributed by atoms with Gasteiger partial charge in [0.1, 0.15) is 5.82 Å². The Bertz CT molecular complexity index is 1180. The van der Waals surface area contributed by atoms with Crippen molar-refractivity contribution in [3.05, 3.63) is 94.8 Å². The molecule has 7 heteroatoms. The van der Waals surface area contributed by atoms with Crippen molar-refractivity contribution >= 4 is 21.6 Å². The van der Waals surface area contributed by atoms with Crippen LogP contribution in [0.15, 0.2) is 71.6 Å². The molecule has 0 aliphatic heterocycles. The van der Waals surface area contributed by atoms with E-state index in [1.165, 1.54) is 17.4 Å². The standard InChI is InChI=1S/C23H23FN2O3S/c1-16-8-7-11-22(17(16)2)25-23(27)20-14-19(12-13-21(20)24)30(28,29)26(3)15-18-9-5-4-6-10-18/h4-14H,15H2,1-3H3,(H,25,27). The van der Waals surface area contributed by atoms with Crippen LogP contribution in [0.1, 0.15) is 27.0 Å². The van der Waals surface area contributed by atoms with E-state index < -0.39 is 21.7 Å². The number of benzene rings is 3. The minimum absolute atomic E-state index is 0.145. The summed E-state index contributed by atoms with van der Waals surface area (Å²) in [6.07, 6.45) is 0. The fraction of sp³-hybridized carbons (Fsp3) is 0.174. The predicted octanol–water partition coefficient (Wildman–Crippen LogP) is 4.52. The molecule has 0 aliphatic rings. The van der Waals surface area contributed by atoms with E-state index in [0.29, 0.717) is 5.69 Å². The van der Waals surface area contributed by atoms with Crippen LogP contribution in [0.2, 0.25) is 0 Å². The van der Waals surface area contributed by atoms with E-state index in [2.05, 4.69) is 5.32 Å². The first-order valence-electron chi connectivity index (χ1n) is 9.37. The van der Waals surface area contributed by atoms with Gasteiger partial charge < -0.3 is 5.32 Å². The van der Waals surface area contributed by atoms with Crippen LogP contribution in [-0.2, 0) is 16.6 Å². The lowest BCUT2D eigenvalue weighted by Gasteiger charge is -2.18. The Labute approximate surface area is 176 Å². The maximum absolute atomic E-state index is 14.4. The molecule has 0 spiro atoms. The summed E-state index contributed by atoms with van der Waals surface area (Å²) in [6.45, 7) is 3.91. The Balaban J connectivity index is 1.88. The van der Waals surface area contributed by atoms with E-state index in [-0.39, 0.29) is 17.0 Å². The molecule has 3 aromatic carbocycles. The van der Waals surface area contributed by atoms with Gasteiger partial charge in [0, 0.05) is 19.3 Å². The van der Waals surface area contributed by atoms with Crippen molar-refractivity contribution in [2.75, 3.05) is 12.4 Å². The molecule has 0 atom stereocenters. The smallest absolute Gasteiger partial charge is 0.258 e. The average Bonchev–Trinajstić information content (AvgIpc) is 2.72. The fourth-order valence-electron chi connectivity index (χ4n) is 3.02. The van der Waals surface area contributed by atoms with Gasteiger partial charge in [-0.2, -0.15) is 4.31 Å². The maximum Gasteiger partial charge on any atom is 0.258 e. The third-order valence-electron chi connectivity index (χ3n) is 4.99. The van der Waals surface area contributed by atoms with Crippen LogP contribution in [0, 0.1) is 19.7 Å². The monoisotopic (exact) mass is 426 g/mol. The summed E-state index contributed by atoms with van der Waals surface area (Å²) in [5.74, 6) is -1.49. The number of carbonyl (C=O) groups excluding carboxylic acids is 1. The second kappa shape index (κ2) is 8.77. The van der Waals surface area contributed by atoms with Crippen LogP contribution in [-0.4, -0.2) is 25.7 Å². The van der Waals surface area contributed by atoms with Crippen LogP contribution >= 0.6 is 0 Å². The molecule has 0 unspecified atom stereocenters. The van der Waals surface area contributed by atoms with Gasteiger partial charge in [-0.05, 0) is 54.8 Å². The molecule has 1 N–H and O–H groups in total. The molecule has 0 saturated heterocycles.